The van der Waals surface area contributed by atoms with Gasteiger partial charge in [-0.3, -0.25) is 0 Å². The number of halogens is 1. The van der Waals surface area contributed by atoms with Crippen LogP contribution in [0.2, 0.25) is 0 Å². The molecular weight excluding hydrogens is 255 g/mol. The van der Waals surface area contributed by atoms with Gasteiger partial charge in [0.2, 0.25) is 0 Å². The topological polar surface area (TPSA) is 110 Å². The zero-order chi connectivity index (χ0) is 14.2. The molecule has 0 spiro atoms. The van der Waals surface area contributed by atoms with Crippen LogP contribution < -0.4 is 0 Å². The molecule has 2 rings (SSSR count). The van der Waals surface area contributed by atoms with Crippen molar-refractivity contribution in [3.63, 3.8) is 0 Å². The summed E-state index contributed by atoms with van der Waals surface area (Å²) in [6.07, 6.45) is -5.84. The highest BCUT2D eigenvalue weighted by atomic mass is 19.1. The summed E-state index contributed by atoms with van der Waals surface area (Å²) in [5.41, 5.74) is 0.793. The van der Waals surface area contributed by atoms with Crippen LogP contribution in [0.1, 0.15) is 18.9 Å². The summed E-state index contributed by atoms with van der Waals surface area (Å²) in [6, 6.07) is 3.85. The molecule has 0 bridgehead atoms. The number of nitrogens with one attached hydrogen (secondary N) is 1. The molecule has 6 nitrogen and oxygen atoms in total. The fourth-order valence-corrected chi connectivity index (χ4v) is 1.78. The van der Waals surface area contributed by atoms with Crippen molar-refractivity contribution in [2.75, 3.05) is 0 Å². The Morgan fingerprint density at radius 2 is 1.84 bits per heavy atom. The minimum Gasteiger partial charge on any atom is -0.391 e. The number of hydrogen-bond acceptors (Lipinski definition) is 5. The normalized spacial score (nSPS) is 18.2. The van der Waals surface area contributed by atoms with Gasteiger partial charge in [0, 0.05) is 0 Å². The van der Waals surface area contributed by atoms with E-state index in [0.717, 1.165) is 0 Å². The number of aliphatic hydroxyl groups is 4. The van der Waals surface area contributed by atoms with E-state index in [1.165, 1.54) is 25.1 Å². The molecule has 19 heavy (non-hydrogen) atoms. The van der Waals surface area contributed by atoms with Gasteiger partial charge in [-0.05, 0) is 25.1 Å². The van der Waals surface area contributed by atoms with Gasteiger partial charge in [0.05, 0.1) is 17.1 Å². The average Bonchev–Trinajstić information content (AvgIpc) is 2.78. The predicted molar refractivity (Wildman–Crippen MR) is 64.7 cm³/mol. The summed E-state index contributed by atoms with van der Waals surface area (Å²) >= 11 is 0. The number of imidazole rings is 1. The van der Waals surface area contributed by atoms with Crippen molar-refractivity contribution < 1.29 is 24.8 Å². The SMILES string of the molecule is CC(O)[C@H](O)[C@H](O)C(O)c1nc2ccc(F)cc2[nH]1. The number of rotatable bonds is 4. The maximum Gasteiger partial charge on any atom is 0.140 e. The quantitative estimate of drug-likeness (QED) is 0.530. The van der Waals surface area contributed by atoms with Crippen molar-refractivity contribution in [2.24, 2.45) is 0 Å². The molecule has 4 atom stereocenters. The molecule has 0 amide bonds. The van der Waals surface area contributed by atoms with Crippen LogP contribution in [0, 0.1) is 5.82 Å². The van der Waals surface area contributed by atoms with Crippen molar-refractivity contribution in [1.29, 1.82) is 0 Å². The van der Waals surface area contributed by atoms with Crippen LogP contribution in [0.3, 0.4) is 0 Å². The Hall–Kier alpha value is -1.54. The first-order chi connectivity index (χ1) is 8.90. The first-order valence-corrected chi connectivity index (χ1v) is 5.77. The molecular formula is C12H15FN2O4. The number of aliphatic hydroxyl groups excluding tert-OH is 4. The number of nitrogens with zero attached hydrogens (tertiary/aromatic N) is 1. The smallest absolute Gasteiger partial charge is 0.140 e. The second-order valence-electron chi connectivity index (χ2n) is 4.45. The lowest BCUT2D eigenvalue weighted by molar-refractivity contribution is -0.103. The molecule has 2 aromatic rings. The van der Waals surface area contributed by atoms with Crippen LogP contribution in [0.5, 0.6) is 0 Å². The monoisotopic (exact) mass is 270 g/mol. The van der Waals surface area contributed by atoms with Crippen molar-refractivity contribution in [2.45, 2.75) is 31.3 Å². The predicted octanol–water partition coefficient (Wildman–Crippen LogP) is -0.162. The van der Waals surface area contributed by atoms with Crippen LogP contribution in [-0.2, 0) is 0 Å². The van der Waals surface area contributed by atoms with Gasteiger partial charge in [0.1, 0.15) is 30.0 Å². The maximum atomic E-state index is 13.0. The first-order valence-electron chi connectivity index (χ1n) is 5.77. The molecule has 0 aliphatic heterocycles. The van der Waals surface area contributed by atoms with Gasteiger partial charge in [-0.1, -0.05) is 0 Å². The van der Waals surface area contributed by atoms with Crippen molar-refractivity contribution in [3.8, 4) is 0 Å². The van der Waals surface area contributed by atoms with E-state index in [9.17, 15) is 19.7 Å². The molecule has 104 valence electrons. The van der Waals surface area contributed by atoms with E-state index in [4.69, 9.17) is 5.11 Å². The lowest BCUT2D eigenvalue weighted by atomic mass is 10.0. The Kier molecular flexibility index (Phi) is 3.81. The third-order valence-electron chi connectivity index (χ3n) is 2.91. The first kappa shape index (κ1) is 13.9. The summed E-state index contributed by atoms with van der Waals surface area (Å²) in [6.45, 7) is 1.29. The standard InChI is InChI=1S/C12H15FN2O4/c1-5(16)9(17)10(18)11(19)12-14-7-3-2-6(13)4-8(7)15-12/h2-5,9-11,16-19H,1H3,(H,14,15)/t5?,9-,10-,11?/m0/s1. The second kappa shape index (κ2) is 5.22. The minimum absolute atomic E-state index is 0.00667. The van der Waals surface area contributed by atoms with E-state index in [1.54, 1.807) is 0 Å². The molecule has 1 aromatic carbocycles. The molecule has 1 aromatic heterocycles. The van der Waals surface area contributed by atoms with E-state index in [-0.39, 0.29) is 5.82 Å². The highest BCUT2D eigenvalue weighted by Crippen LogP contribution is 2.21. The van der Waals surface area contributed by atoms with Crippen molar-refractivity contribution in [1.82, 2.24) is 9.97 Å². The van der Waals surface area contributed by atoms with E-state index < -0.39 is 30.2 Å². The highest BCUT2D eigenvalue weighted by Gasteiger charge is 2.31. The number of aromatic nitrogens is 2. The third kappa shape index (κ3) is 2.74. The highest BCUT2D eigenvalue weighted by molar-refractivity contribution is 5.75. The Bertz CT molecular complexity index is 572. The lowest BCUT2D eigenvalue weighted by Gasteiger charge is -2.23. The molecule has 0 aliphatic carbocycles. The lowest BCUT2D eigenvalue weighted by Crippen LogP contribution is -2.39. The number of fused-ring (bicyclic) bond motifs is 1. The van der Waals surface area contributed by atoms with Crippen molar-refractivity contribution >= 4 is 11.0 Å². The van der Waals surface area contributed by atoms with Crippen LogP contribution in [-0.4, -0.2) is 48.7 Å². The fraction of sp³-hybridized carbons (Fsp3) is 0.417. The van der Waals surface area contributed by atoms with Crippen LogP contribution in [0.4, 0.5) is 4.39 Å². The van der Waals surface area contributed by atoms with Gasteiger partial charge in [-0.2, -0.15) is 0 Å². The fourth-order valence-electron chi connectivity index (χ4n) is 1.78. The van der Waals surface area contributed by atoms with Gasteiger partial charge in [-0.15, -0.1) is 0 Å². The van der Waals surface area contributed by atoms with Gasteiger partial charge in [-0.25, -0.2) is 9.37 Å². The minimum atomic E-state index is -1.61. The molecule has 7 heteroatoms. The Morgan fingerprint density at radius 3 is 2.47 bits per heavy atom. The molecule has 0 saturated carbocycles. The van der Waals surface area contributed by atoms with Crippen LogP contribution in [0.15, 0.2) is 18.2 Å². The molecule has 0 radical (unpaired) electrons. The van der Waals surface area contributed by atoms with Gasteiger partial charge < -0.3 is 25.4 Å². The van der Waals surface area contributed by atoms with Crippen molar-refractivity contribution in [3.05, 3.63) is 29.8 Å². The number of benzene rings is 1. The van der Waals surface area contributed by atoms with E-state index in [1.807, 2.05) is 0 Å². The zero-order valence-electron chi connectivity index (χ0n) is 10.2. The number of aromatic amines is 1. The van der Waals surface area contributed by atoms with Gasteiger partial charge in [0.25, 0.3) is 0 Å². The second-order valence-corrected chi connectivity index (χ2v) is 4.45. The number of hydrogen-bond donors (Lipinski definition) is 5. The third-order valence-corrected chi connectivity index (χ3v) is 2.91. The molecule has 0 fully saturated rings. The Labute approximate surface area is 108 Å². The van der Waals surface area contributed by atoms with E-state index in [2.05, 4.69) is 9.97 Å². The summed E-state index contributed by atoms with van der Waals surface area (Å²) in [5.74, 6) is -0.463. The van der Waals surface area contributed by atoms with Gasteiger partial charge in [0.15, 0.2) is 0 Å². The van der Waals surface area contributed by atoms with Gasteiger partial charge >= 0.3 is 0 Å². The largest absolute Gasteiger partial charge is 0.391 e. The van der Waals surface area contributed by atoms with E-state index >= 15 is 0 Å². The van der Waals surface area contributed by atoms with E-state index in [0.29, 0.717) is 11.0 Å². The molecule has 0 saturated heterocycles. The summed E-state index contributed by atoms with van der Waals surface area (Å²) in [7, 11) is 0. The van der Waals surface area contributed by atoms with Crippen LogP contribution >= 0.6 is 0 Å². The summed E-state index contributed by atoms with van der Waals surface area (Å²) < 4.78 is 13.0. The zero-order valence-corrected chi connectivity index (χ0v) is 10.2. The molecule has 0 aliphatic rings. The molecule has 2 unspecified atom stereocenters. The number of H-pyrrole nitrogens is 1. The summed E-state index contributed by atoms with van der Waals surface area (Å²) in [4.78, 5) is 6.65. The summed E-state index contributed by atoms with van der Waals surface area (Å²) in [5, 5.41) is 38.2. The Balaban J connectivity index is 2.28. The average molecular weight is 270 g/mol. The Morgan fingerprint density at radius 1 is 1.16 bits per heavy atom. The molecule has 5 N–H and O–H groups in total. The maximum absolute atomic E-state index is 13.0. The van der Waals surface area contributed by atoms with Crippen LogP contribution in [0.25, 0.3) is 11.0 Å². The molecule has 1 heterocycles.